The Bertz CT molecular complexity index is 480. The molecule has 0 aromatic rings. The molecule has 1 heteroatoms. The monoisotopic (exact) mass is 269 g/mol. The van der Waals surface area contributed by atoms with E-state index < -0.39 is 0 Å². The predicted octanol–water partition coefficient (Wildman–Crippen LogP) is 4.73. The van der Waals surface area contributed by atoms with Gasteiger partial charge in [0.2, 0.25) is 0 Å². The van der Waals surface area contributed by atoms with Crippen LogP contribution in [0.2, 0.25) is 0 Å². The van der Waals surface area contributed by atoms with E-state index in [1.165, 1.54) is 16.7 Å². The van der Waals surface area contributed by atoms with Crippen molar-refractivity contribution in [2.75, 3.05) is 13.1 Å². The molecule has 0 aromatic heterocycles. The number of hydrogen-bond acceptors (Lipinski definition) is 1. The number of hydrogen-bond donors (Lipinski definition) is 1. The summed E-state index contributed by atoms with van der Waals surface area (Å²) in [7, 11) is 0. The Morgan fingerprint density at radius 3 is 2.30 bits per heavy atom. The zero-order valence-electron chi connectivity index (χ0n) is 13.1. The standard InChI is InChI=1S/C19H27N/c1-7-10-11-18(15(4)5)19(12-13-20-14-19)17(9-3)16(6)8-2/h7-11,20H,2-4,12-14H2,1,5-6H3/b10-7-,17-16+,18-11+. The highest BCUT2D eigenvalue weighted by atomic mass is 14.9. The van der Waals surface area contributed by atoms with Crippen LogP contribution in [0.1, 0.15) is 27.2 Å². The Morgan fingerprint density at radius 2 is 1.90 bits per heavy atom. The molecular weight excluding hydrogens is 242 g/mol. The van der Waals surface area contributed by atoms with Crippen molar-refractivity contribution in [3.05, 3.63) is 72.4 Å². The van der Waals surface area contributed by atoms with E-state index in [0.29, 0.717) is 0 Å². The van der Waals surface area contributed by atoms with Gasteiger partial charge in [0.1, 0.15) is 0 Å². The molecule has 0 saturated carbocycles. The molecule has 1 unspecified atom stereocenters. The Balaban J connectivity index is 3.52. The van der Waals surface area contributed by atoms with Crippen LogP contribution in [0, 0.1) is 5.41 Å². The zero-order valence-corrected chi connectivity index (χ0v) is 13.1. The normalized spacial score (nSPS) is 24.6. The van der Waals surface area contributed by atoms with Crippen LogP contribution < -0.4 is 5.32 Å². The molecule has 1 aliphatic heterocycles. The molecule has 1 aliphatic rings. The quantitative estimate of drug-likeness (QED) is 0.687. The van der Waals surface area contributed by atoms with Crippen molar-refractivity contribution in [1.29, 1.82) is 0 Å². The van der Waals surface area contributed by atoms with Gasteiger partial charge in [0.15, 0.2) is 0 Å². The average Bonchev–Trinajstić information content (AvgIpc) is 2.89. The van der Waals surface area contributed by atoms with E-state index in [-0.39, 0.29) is 5.41 Å². The fourth-order valence-corrected chi connectivity index (χ4v) is 3.04. The van der Waals surface area contributed by atoms with Crippen LogP contribution in [0.25, 0.3) is 0 Å². The first kappa shape index (κ1) is 16.5. The number of nitrogens with one attached hydrogen (secondary N) is 1. The zero-order chi connectivity index (χ0) is 15.2. The Hall–Kier alpha value is -1.60. The predicted molar refractivity (Wildman–Crippen MR) is 90.7 cm³/mol. The summed E-state index contributed by atoms with van der Waals surface area (Å²) >= 11 is 0. The second kappa shape index (κ2) is 7.25. The summed E-state index contributed by atoms with van der Waals surface area (Å²) in [5, 5.41) is 3.50. The van der Waals surface area contributed by atoms with Crippen molar-refractivity contribution < 1.29 is 0 Å². The van der Waals surface area contributed by atoms with E-state index in [1.54, 1.807) is 0 Å². The lowest BCUT2D eigenvalue weighted by Gasteiger charge is -2.34. The van der Waals surface area contributed by atoms with Crippen LogP contribution in [0.3, 0.4) is 0 Å². The summed E-state index contributed by atoms with van der Waals surface area (Å²) < 4.78 is 0. The highest BCUT2D eigenvalue weighted by Crippen LogP contribution is 2.45. The van der Waals surface area contributed by atoms with Crippen LogP contribution >= 0.6 is 0 Å². The van der Waals surface area contributed by atoms with Gasteiger partial charge in [0, 0.05) is 12.0 Å². The van der Waals surface area contributed by atoms with Gasteiger partial charge in [0.25, 0.3) is 0 Å². The smallest absolute Gasteiger partial charge is 0.0344 e. The van der Waals surface area contributed by atoms with Gasteiger partial charge in [-0.15, -0.1) is 0 Å². The van der Waals surface area contributed by atoms with E-state index in [2.05, 4.69) is 57.1 Å². The molecule has 0 amide bonds. The third-order valence-electron chi connectivity index (χ3n) is 4.04. The molecule has 20 heavy (non-hydrogen) atoms. The van der Waals surface area contributed by atoms with E-state index in [9.17, 15) is 0 Å². The molecule has 1 saturated heterocycles. The molecule has 0 radical (unpaired) electrons. The van der Waals surface area contributed by atoms with Crippen LogP contribution in [0.5, 0.6) is 0 Å². The van der Waals surface area contributed by atoms with Crippen LogP contribution in [0.4, 0.5) is 0 Å². The second-order valence-corrected chi connectivity index (χ2v) is 5.40. The van der Waals surface area contributed by atoms with Crippen LogP contribution in [-0.2, 0) is 0 Å². The van der Waals surface area contributed by atoms with Crippen LogP contribution in [0.15, 0.2) is 72.4 Å². The third kappa shape index (κ3) is 3.10. The van der Waals surface area contributed by atoms with Gasteiger partial charge in [-0.2, -0.15) is 0 Å². The molecule has 1 heterocycles. The Kier molecular flexibility index (Phi) is 5.97. The minimum Gasteiger partial charge on any atom is -0.315 e. The van der Waals surface area contributed by atoms with E-state index in [0.717, 1.165) is 25.1 Å². The van der Waals surface area contributed by atoms with Crippen molar-refractivity contribution in [2.45, 2.75) is 27.2 Å². The molecule has 1 fully saturated rings. The fraction of sp³-hybridized carbons (Fsp3) is 0.368. The van der Waals surface area contributed by atoms with Crippen molar-refractivity contribution >= 4 is 0 Å². The van der Waals surface area contributed by atoms with Gasteiger partial charge < -0.3 is 5.32 Å². The van der Waals surface area contributed by atoms with Gasteiger partial charge in [-0.1, -0.05) is 55.7 Å². The topological polar surface area (TPSA) is 12.0 Å². The maximum Gasteiger partial charge on any atom is 0.0344 e. The second-order valence-electron chi connectivity index (χ2n) is 5.40. The number of rotatable bonds is 6. The molecule has 1 rings (SSSR count). The first-order valence-electron chi connectivity index (χ1n) is 7.19. The highest BCUT2D eigenvalue weighted by molar-refractivity contribution is 5.50. The summed E-state index contributed by atoms with van der Waals surface area (Å²) in [4.78, 5) is 0. The lowest BCUT2D eigenvalue weighted by molar-refractivity contribution is 0.492. The maximum atomic E-state index is 4.19. The van der Waals surface area contributed by atoms with Gasteiger partial charge in [-0.25, -0.2) is 0 Å². The molecule has 0 spiro atoms. The Morgan fingerprint density at radius 1 is 1.20 bits per heavy atom. The summed E-state index contributed by atoms with van der Waals surface area (Å²) in [6, 6.07) is 0. The van der Waals surface area contributed by atoms with E-state index in [4.69, 9.17) is 0 Å². The first-order valence-corrected chi connectivity index (χ1v) is 7.19. The summed E-state index contributed by atoms with van der Waals surface area (Å²) in [5.74, 6) is 0. The van der Waals surface area contributed by atoms with Crippen molar-refractivity contribution in [3.63, 3.8) is 0 Å². The Labute approximate surface area is 124 Å². The molecular formula is C19H27N. The molecule has 108 valence electrons. The van der Waals surface area contributed by atoms with E-state index >= 15 is 0 Å². The highest BCUT2D eigenvalue weighted by Gasteiger charge is 2.40. The van der Waals surface area contributed by atoms with E-state index in [1.807, 2.05) is 19.1 Å². The molecule has 0 aliphatic carbocycles. The van der Waals surface area contributed by atoms with Crippen molar-refractivity contribution in [3.8, 4) is 0 Å². The largest absolute Gasteiger partial charge is 0.315 e. The van der Waals surface area contributed by atoms with Gasteiger partial charge in [-0.05, 0) is 50.5 Å². The van der Waals surface area contributed by atoms with Crippen LogP contribution in [-0.4, -0.2) is 13.1 Å². The molecule has 0 bridgehead atoms. The first-order chi connectivity index (χ1) is 9.53. The van der Waals surface area contributed by atoms with Gasteiger partial charge >= 0.3 is 0 Å². The van der Waals surface area contributed by atoms with Crippen molar-refractivity contribution in [1.82, 2.24) is 5.32 Å². The minimum absolute atomic E-state index is 0.0363. The molecule has 1 nitrogen and oxygen atoms in total. The fourth-order valence-electron chi connectivity index (χ4n) is 3.04. The molecule has 0 aromatic carbocycles. The summed E-state index contributed by atoms with van der Waals surface area (Å²) in [6.07, 6.45) is 11.3. The summed E-state index contributed by atoms with van der Waals surface area (Å²) in [6.45, 7) is 20.3. The lowest BCUT2D eigenvalue weighted by atomic mass is 9.69. The maximum absolute atomic E-state index is 4.19. The van der Waals surface area contributed by atoms with Crippen molar-refractivity contribution in [2.24, 2.45) is 5.41 Å². The third-order valence-corrected chi connectivity index (χ3v) is 4.04. The molecule has 1 N–H and O–H groups in total. The van der Waals surface area contributed by atoms with Gasteiger partial charge in [0.05, 0.1) is 0 Å². The average molecular weight is 269 g/mol. The minimum atomic E-state index is -0.0363. The summed E-state index contributed by atoms with van der Waals surface area (Å²) in [5.41, 5.74) is 4.82. The lowest BCUT2D eigenvalue weighted by Crippen LogP contribution is -2.29. The SMILES string of the molecule is C=C/C(C)=C(\C=C)C1(/C(=C/C=C\C)C(=C)C)CCNC1. The number of allylic oxidation sites excluding steroid dienone is 7. The molecule has 1 atom stereocenters. The van der Waals surface area contributed by atoms with Gasteiger partial charge in [-0.3, -0.25) is 0 Å².